The molecule has 200 valence electrons. The van der Waals surface area contributed by atoms with E-state index in [0.29, 0.717) is 52.4 Å². The van der Waals surface area contributed by atoms with E-state index in [1.807, 2.05) is 29.8 Å². The second kappa shape index (κ2) is 12.9. The van der Waals surface area contributed by atoms with Crippen LogP contribution in [0.5, 0.6) is 6.01 Å². The van der Waals surface area contributed by atoms with Gasteiger partial charge in [0.1, 0.15) is 5.82 Å². The van der Waals surface area contributed by atoms with Gasteiger partial charge in [0.05, 0.1) is 34.8 Å². The number of nitrogens with zero attached hydrogens (tertiary/aromatic N) is 5. The first-order valence-corrected chi connectivity index (χ1v) is 13.3. The van der Waals surface area contributed by atoms with Crippen LogP contribution in [0.2, 0.25) is 10.0 Å². The summed E-state index contributed by atoms with van der Waals surface area (Å²) >= 11 is 12.0. The van der Waals surface area contributed by atoms with Gasteiger partial charge in [0.15, 0.2) is 0 Å². The van der Waals surface area contributed by atoms with Crippen molar-refractivity contribution in [1.82, 2.24) is 24.5 Å². The Labute approximate surface area is 230 Å². The molecule has 0 atom stereocenters. The van der Waals surface area contributed by atoms with Crippen molar-refractivity contribution in [2.45, 2.75) is 44.9 Å². The standard InChI is InChI=1S/C27H30Cl2N6O3/c1-34-24(17-23-19-10-7-8-11-20(19)26(37)35(2)33-23)31-32-27(34)38-15-9-5-3-4-6-12-25(36)30-22-14-13-18(28)16-21(22)29/h7-8,10-11,13-14,16H,3-6,9,12,15,17H2,1-2H3,(H,30,36). The highest BCUT2D eigenvalue weighted by atomic mass is 35.5. The Kier molecular flexibility index (Phi) is 9.36. The lowest BCUT2D eigenvalue weighted by molar-refractivity contribution is -0.116. The molecule has 0 aliphatic rings. The average molecular weight is 557 g/mol. The lowest BCUT2D eigenvalue weighted by atomic mass is 10.1. The molecule has 0 spiro atoms. The number of amides is 1. The molecule has 9 nitrogen and oxygen atoms in total. The number of hydrogen-bond donors (Lipinski definition) is 1. The van der Waals surface area contributed by atoms with Crippen molar-refractivity contribution < 1.29 is 9.53 Å². The van der Waals surface area contributed by atoms with E-state index in [1.165, 1.54) is 4.68 Å². The predicted molar refractivity (Wildman–Crippen MR) is 149 cm³/mol. The fourth-order valence-corrected chi connectivity index (χ4v) is 4.62. The number of carbonyl (C=O) groups is 1. The Morgan fingerprint density at radius 1 is 0.974 bits per heavy atom. The van der Waals surface area contributed by atoms with Crippen molar-refractivity contribution in [1.29, 1.82) is 0 Å². The maximum Gasteiger partial charge on any atom is 0.316 e. The molecule has 0 fully saturated rings. The quantitative estimate of drug-likeness (QED) is 0.237. The predicted octanol–water partition coefficient (Wildman–Crippen LogP) is 5.32. The van der Waals surface area contributed by atoms with Crippen LogP contribution in [0.15, 0.2) is 47.3 Å². The van der Waals surface area contributed by atoms with Gasteiger partial charge in [-0.15, -0.1) is 5.10 Å². The highest BCUT2D eigenvalue weighted by molar-refractivity contribution is 6.36. The number of aryl methyl sites for hydroxylation is 1. The van der Waals surface area contributed by atoms with E-state index in [9.17, 15) is 9.59 Å². The third-order valence-corrected chi connectivity index (χ3v) is 6.82. The first-order valence-electron chi connectivity index (χ1n) is 12.5. The molecule has 0 radical (unpaired) electrons. The molecular weight excluding hydrogens is 527 g/mol. The number of carbonyl (C=O) groups excluding carboxylic acids is 1. The minimum absolute atomic E-state index is 0.0587. The van der Waals surface area contributed by atoms with Crippen LogP contribution < -0.4 is 15.6 Å². The van der Waals surface area contributed by atoms with Crippen LogP contribution in [0.3, 0.4) is 0 Å². The lowest BCUT2D eigenvalue weighted by Gasteiger charge is -2.09. The lowest BCUT2D eigenvalue weighted by Crippen LogP contribution is -2.21. The van der Waals surface area contributed by atoms with Crippen LogP contribution >= 0.6 is 23.2 Å². The monoisotopic (exact) mass is 556 g/mol. The molecule has 38 heavy (non-hydrogen) atoms. The summed E-state index contributed by atoms with van der Waals surface area (Å²) in [6, 6.07) is 12.9. The van der Waals surface area contributed by atoms with Gasteiger partial charge in [0.2, 0.25) is 5.91 Å². The number of fused-ring (bicyclic) bond motifs is 1. The Morgan fingerprint density at radius 3 is 2.50 bits per heavy atom. The molecule has 0 bridgehead atoms. The molecule has 0 aliphatic heterocycles. The zero-order chi connectivity index (χ0) is 27.1. The Morgan fingerprint density at radius 2 is 1.71 bits per heavy atom. The number of unbranched alkanes of at least 4 members (excludes halogenated alkanes) is 4. The van der Waals surface area contributed by atoms with Gasteiger partial charge in [-0.05, 0) is 37.1 Å². The first-order chi connectivity index (χ1) is 18.3. The Bertz CT molecular complexity index is 1480. The molecule has 1 N–H and O–H groups in total. The molecule has 0 saturated heterocycles. The summed E-state index contributed by atoms with van der Waals surface area (Å²) in [4.78, 5) is 24.5. The summed E-state index contributed by atoms with van der Waals surface area (Å²) in [7, 11) is 3.51. The van der Waals surface area contributed by atoms with Crippen molar-refractivity contribution in [3.8, 4) is 6.01 Å². The average Bonchev–Trinajstić information content (AvgIpc) is 3.24. The molecule has 4 rings (SSSR count). The minimum Gasteiger partial charge on any atom is -0.464 e. The van der Waals surface area contributed by atoms with E-state index in [2.05, 4.69) is 20.6 Å². The van der Waals surface area contributed by atoms with Gasteiger partial charge >= 0.3 is 6.01 Å². The second-order valence-electron chi connectivity index (χ2n) is 9.09. The van der Waals surface area contributed by atoms with E-state index in [1.54, 1.807) is 31.3 Å². The van der Waals surface area contributed by atoms with E-state index in [-0.39, 0.29) is 11.5 Å². The smallest absolute Gasteiger partial charge is 0.316 e. The highest BCUT2D eigenvalue weighted by Gasteiger charge is 2.15. The fraction of sp³-hybridized carbons (Fsp3) is 0.370. The molecule has 2 aromatic heterocycles. The largest absolute Gasteiger partial charge is 0.464 e. The van der Waals surface area contributed by atoms with Gasteiger partial charge < -0.3 is 10.1 Å². The van der Waals surface area contributed by atoms with Gasteiger partial charge in [-0.3, -0.25) is 14.2 Å². The van der Waals surface area contributed by atoms with Crippen molar-refractivity contribution >= 4 is 45.6 Å². The molecule has 0 unspecified atom stereocenters. The van der Waals surface area contributed by atoms with E-state index in [4.69, 9.17) is 27.9 Å². The second-order valence-corrected chi connectivity index (χ2v) is 9.94. The molecule has 1 amide bonds. The normalized spacial score (nSPS) is 11.2. The Balaban J connectivity index is 1.17. The third kappa shape index (κ3) is 6.90. The number of rotatable bonds is 12. The molecule has 0 saturated carbocycles. The number of aromatic nitrogens is 5. The fourth-order valence-electron chi connectivity index (χ4n) is 4.17. The topological polar surface area (TPSA) is 104 Å². The molecule has 11 heteroatoms. The molecule has 4 aromatic rings. The number of benzene rings is 2. The molecule has 2 aromatic carbocycles. The van der Waals surface area contributed by atoms with Gasteiger partial charge in [-0.2, -0.15) is 5.10 Å². The summed E-state index contributed by atoms with van der Waals surface area (Å²) in [6.07, 6.45) is 5.50. The number of anilines is 1. The van der Waals surface area contributed by atoms with Crippen LogP contribution in [0.25, 0.3) is 10.8 Å². The van der Waals surface area contributed by atoms with Gasteiger partial charge in [0, 0.05) is 30.9 Å². The zero-order valence-electron chi connectivity index (χ0n) is 21.4. The van der Waals surface area contributed by atoms with Gasteiger partial charge in [-0.25, -0.2) is 4.68 Å². The minimum atomic E-state index is -0.127. The van der Waals surface area contributed by atoms with Gasteiger partial charge in [-0.1, -0.05) is 65.8 Å². The third-order valence-electron chi connectivity index (χ3n) is 6.27. The summed E-state index contributed by atoms with van der Waals surface area (Å²) in [5.74, 6) is 0.644. The SMILES string of the molecule is Cn1c(Cc2nn(C)c(=O)c3ccccc23)nnc1OCCCCCCCC(=O)Nc1ccc(Cl)cc1Cl. The number of nitrogens with one attached hydrogen (secondary N) is 1. The number of hydrogen-bond acceptors (Lipinski definition) is 6. The van der Waals surface area contributed by atoms with Crippen molar-refractivity contribution in [2.24, 2.45) is 14.1 Å². The van der Waals surface area contributed by atoms with E-state index in [0.717, 1.165) is 43.2 Å². The summed E-state index contributed by atoms with van der Waals surface area (Å²) in [5, 5.41) is 18.1. The number of halogens is 2. The van der Waals surface area contributed by atoms with Crippen molar-refractivity contribution in [2.75, 3.05) is 11.9 Å². The van der Waals surface area contributed by atoms with Crippen LogP contribution in [0.4, 0.5) is 5.69 Å². The number of ether oxygens (including phenoxy) is 1. The first kappa shape index (κ1) is 27.6. The van der Waals surface area contributed by atoms with Gasteiger partial charge in [0.25, 0.3) is 5.56 Å². The maximum atomic E-state index is 12.4. The maximum absolute atomic E-state index is 12.4. The van der Waals surface area contributed by atoms with Crippen LogP contribution in [-0.4, -0.2) is 37.1 Å². The van der Waals surface area contributed by atoms with Crippen LogP contribution in [0.1, 0.15) is 50.0 Å². The highest BCUT2D eigenvalue weighted by Crippen LogP contribution is 2.25. The molecular formula is C27H30Cl2N6O3. The zero-order valence-corrected chi connectivity index (χ0v) is 22.9. The summed E-state index contributed by atoms with van der Waals surface area (Å²) in [5.41, 5.74) is 1.20. The van der Waals surface area contributed by atoms with E-state index < -0.39 is 0 Å². The van der Waals surface area contributed by atoms with Crippen LogP contribution in [0, 0.1) is 0 Å². The Hall–Kier alpha value is -3.43. The van der Waals surface area contributed by atoms with Crippen molar-refractivity contribution in [3.63, 3.8) is 0 Å². The van der Waals surface area contributed by atoms with E-state index >= 15 is 0 Å². The summed E-state index contributed by atoms with van der Waals surface area (Å²) in [6.45, 7) is 0.530. The summed E-state index contributed by atoms with van der Waals surface area (Å²) < 4.78 is 9.01. The van der Waals surface area contributed by atoms with Crippen molar-refractivity contribution in [3.05, 3.63) is 74.4 Å². The molecule has 2 heterocycles. The molecule has 0 aliphatic carbocycles. The van der Waals surface area contributed by atoms with Crippen LogP contribution in [-0.2, 0) is 25.3 Å².